The minimum absolute atomic E-state index is 0.00316. The molecule has 0 bridgehead atoms. The van der Waals surface area contributed by atoms with Crippen LogP contribution in [-0.2, 0) is 6.54 Å². The van der Waals surface area contributed by atoms with Crippen LogP contribution in [0.2, 0.25) is 0 Å². The van der Waals surface area contributed by atoms with Crippen molar-refractivity contribution in [1.29, 1.82) is 0 Å². The molecule has 7 nitrogen and oxygen atoms in total. The van der Waals surface area contributed by atoms with E-state index < -0.39 is 12.7 Å². The Morgan fingerprint density at radius 2 is 1.96 bits per heavy atom. The number of nitrogens with one attached hydrogen (secondary N) is 1. The first-order valence-corrected chi connectivity index (χ1v) is 9.55. The summed E-state index contributed by atoms with van der Waals surface area (Å²) in [6, 6.07) is 4.46. The van der Waals surface area contributed by atoms with Gasteiger partial charge in [0.2, 0.25) is 5.89 Å². The Hall–Kier alpha value is -1.96. The van der Waals surface area contributed by atoms with E-state index in [1.54, 1.807) is 0 Å². The SMILES string of the molecule is CCCN(Cc1cc(C)cc(Nc2nnc([C@@H](O)CO)o2)c1C)CC(C)C. The molecule has 0 fully saturated rings. The van der Waals surface area contributed by atoms with Gasteiger partial charge >= 0.3 is 6.01 Å². The monoisotopic (exact) mass is 376 g/mol. The Morgan fingerprint density at radius 3 is 2.59 bits per heavy atom. The lowest BCUT2D eigenvalue weighted by atomic mass is 10.0. The molecular weight excluding hydrogens is 344 g/mol. The van der Waals surface area contributed by atoms with E-state index in [9.17, 15) is 5.11 Å². The van der Waals surface area contributed by atoms with Crippen LogP contribution in [0.1, 0.15) is 55.9 Å². The first-order chi connectivity index (χ1) is 12.8. The number of rotatable bonds is 10. The molecule has 0 spiro atoms. The summed E-state index contributed by atoms with van der Waals surface area (Å²) in [6.07, 6.45) is -0.0402. The second-order valence-corrected chi connectivity index (χ2v) is 7.49. The molecule has 1 heterocycles. The van der Waals surface area contributed by atoms with Gasteiger partial charge in [0.25, 0.3) is 0 Å². The van der Waals surface area contributed by atoms with Crippen LogP contribution < -0.4 is 5.32 Å². The third-order valence-electron chi connectivity index (χ3n) is 4.36. The number of hydrogen-bond acceptors (Lipinski definition) is 7. The molecule has 0 aliphatic heterocycles. The Bertz CT molecular complexity index is 730. The van der Waals surface area contributed by atoms with Crippen LogP contribution in [0.25, 0.3) is 0 Å². The number of anilines is 2. The number of aliphatic hydroxyl groups is 2. The number of aliphatic hydroxyl groups excluding tert-OH is 2. The first-order valence-electron chi connectivity index (χ1n) is 9.55. The molecule has 1 atom stereocenters. The molecule has 0 amide bonds. The molecule has 1 aromatic carbocycles. The lowest BCUT2D eigenvalue weighted by Gasteiger charge is -2.25. The lowest BCUT2D eigenvalue weighted by Crippen LogP contribution is -2.28. The molecule has 0 unspecified atom stereocenters. The maximum atomic E-state index is 9.59. The van der Waals surface area contributed by atoms with E-state index in [1.807, 2.05) is 6.07 Å². The van der Waals surface area contributed by atoms with Gasteiger partial charge in [-0.15, -0.1) is 5.10 Å². The van der Waals surface area contributed by atoms with Crippen LogP contribution in [0.4, 0.5) is 11.7 Å². The normalized spacial score (nSPS) is 12.8. The highest BCUT2D eigenvalue weighted by Gasteiger charge is 2.16. The summed E-state index contributed by atoms with van der Waals surface area (Å²) in [7, 11) is 0. The van der Waals surface area contributed by atoms with Crippen LogP contribution in [0.15, 0.2) is 16.5 Å². The van der Waals surface area contributed by atoms with Crippen molar-refractivity contribution in [3.05, 3.63) is 34.7 Å². The quantitative estimate of drug-likeness (QED) is 0.585. The third kappa shape index (κ3) is 6.02. The topological polar surface area (TPSA) is 94.7 Å². The molecule has 2 aromatic rings. The van der Waals surface area contributed by atoms with Crippen LogP contribution in [0.5, 0.6) is 0 Å². The van der Waals surface area contributed by atoms with Gasteiger partial charge in [-0.2, -0.15) is 0 Å². The van der Waals surface area contributed by atoms with Crippen molar-refractivity contribution < 1.29 is 14.6 Å². The van der Waals surface area contributed by atoms with Gasteiger partial charge in [0.15, 0.2) is 6.10 Å². The van der Waals surface area contributed by atoms with Gasteiger partial charge in [0.05, 0.1) is 6.61 Å². The van der Waals surface area contributed by atoms with Crippen LogP contribution in [0, 0.1) is 19.8 Å². The number of nitrogens with zero attached hydrogens (tertiary/aromatic N) is 3. The second kappa shape index (κ2) is 9.82. The molecule has 0 saturated carbocycles. The van der Waals surface area contributed by atoms with E-state index in [2.05, 4.69) is 61.1 Å². The summed E-state index contributed by atoms with van der Waals surface area (Å²) in [4.78, 5) is 2.48. The van der Waals surface area contributed by atoms with Gasteiger partial charge in [-0.1, -0.05) is 31.9 Å². The van der Waals surface area contributed by atoms with Crippen molar-refractivity contribution in [2.75, 3.05) is 25.0 Å². The molecule has 1 aromatic heterocycles. The van der Waals surface area contributed by atoms with E-state index in [0.29, 0.717) is 5.92 Å². The minimum atomic E-state index is -1.17. The fourth-order valence-electron chi connectivity index (χ4n) is 3.15. The Morgan fingerprint density at radius 1 is 1.22 bits per heavy atom. The van der Waals surface area contributed by atoms with Gasteiger partial charge in [-0.05, 0) is 55.5 Å². The highest BCUT2D eigenvalue weighted by atomic mass is 16.4. The summed E-state index contributed by atoms with van der Waals surface area (Å²) in [5.74, 6) is 0.616. The zero-order valence-corrected chi connectivity index (χ0v) is 17.0. The van der Waals surface area contributed by atoms with Crippen molar-refractivity contribution in [2.45, 2.75) is 53.7 Å². The molecular formula is C20H32N4O3. The Labute approximate surface area is 161 Å². The Kier molecular flexibility index (Phi) is 7.77. The van der Waals surface area contributed by atoms with Crippen molar-refractivity contribution in [2.24, 2.45) is 5.92 Å². The second-order valence-electron chi connectivity index (χ2n) is 7.49. The van der Waals surface area contributed by atoms with E-state index in [1.165, 1.54) is 5.56 Å². The van der Waals surface area contributed by atoms with Gasteiger partial charge in [-0.25, -0.2) is 0 Å². The van der Waals surface area contributed by atoms with Gasteiger partial charge in [-0.3, -0.25) is 4.90 Å². The Balaban J connectivity index is 2.22. The molecule has 0 aliphatic carbocycles. The van der Waals surface area contributed by atoms with Gasteiger partial charge < -0.3 is 19.9 Å². The minimum Gasteiger partial charge on any atom is -0.405 e. The fraction of sp³-hybridized carbons (Fsp3) is 0.600. The smallest absolute Gasteiger partial charge is 0.320 e. The molecule has 0 saturated heterocycles. The number of benzene rings is 1. The summed E-state index contributed by atoms with van der Waals surface area (Å²) >= 11 is 0. The van der Waals surface area contributed by atoms with E-state index in [0.717, 1.165) is 42.9 Å². The van der Waals surface area contributed by atoms with Crippen molar-refractivity contribution >= 4 is 11.7 Å². The third-order valence-corrected chi connectivity index (χ3v) is 4.36. The predicted octanol–water partition coefficient (Wildman–Crippen LogP) is 3.32. The fourth-order valence-corrected chi connectivity index (χ4v) is 3.15. The van der Waals surface area contributed by atoms with Crippen molar-refractivity contribution in [3.63, 3.8) is 0 Å². The van der Waals surface area contributed by atoms with E-state index in [4.69, 9.17) is 9.52 Å². The largest absolute Gasteiger partial charge is 0.405 e. The van der Waals surface area contributed by atoms with E-state index in [-0.39, 0.29) is 11.9 Å². The number of aryl methyl sites for hydroxylation is 1. The zero-order chi connectivity index (χ0) is 20.0. The highest BCUT2D eigenvalue weighted by molar-refractivity contribution is 5.61. The van der Waals surface area contributed by atoms with Crippen molar-refractivity contribution in [1.82, 2.24) is 15.1 Å². The molecule has 3 N–H and O–H groups in total. The van der Waals surface area contributed by atoms with Gasteiger partial charge in [0.1, 0.15) is 0 Å². The molecule has 0 radical (unpaired) electrons. The van der Waals surface area contributed by atoms with Crippen LogP contribution in [-0.4, -0.2) is 45.0 Å². The predicted molar refractivity (Wildman–Crippen MR) is 106 cm³/mol. The van der Waals surface area contributed by atoms with Crippen LogP contribution >= 0.6 is 0 Å². The summed E-state index contributed by atoms with van der Waals surface area (Å²) in [5.41, 5.74) is 4.45. The van der Waals surface area contributed by atoms with E-state index >= 15 is 0 Å². The maximum Gasteiger partial charge on any atom is 0.320 e. The maximum absolute atomic E-state index is 9.59. The molecule has 0 aliphatic rings. The van der Waals surface area contributed by atoms with Crippen molar-refractivity contribution in [3.8, 4) is 0 Å². The molecule has 27 heavy (non-hydrogen) atoms. The molecule has 2 rings (SSSR count). The summed E-state index contributed by atoms with van der Waals surface area (Å²) < 4.78 is 5.39. The highest BCUT2D eigenvalue weighted by Crippen LogP contribution is 2.26. The van der Waals surface area contributed by atoms with Gasteiger partial charge in [0, 0.05) is 18.8 Å². The lowest BCUT2D eigenvalue weighted by molar-refractivity contribution is 0.0737. The average Bonchev–Trinajstić information content (AvgIpc) is 3.06. The number of aromatic nitrogens is 2. The summed E-state index contributed by atoms with van der Waals surface area (Å²) in [5, 5.41) is 29.4. The van der Waals surface area contributed by atoms with Crippen LogP contribution in [0.3, 0.4) is 0 Å². The number of hydrogen-bond donors (Lipinski definition) is 3. The zero-order valence-electron chi connectivity index (χ0n) is 17.0. The summed E-state index contributed by atoms with van der Waals surface area (Å²) in [6.45, 7) is 13.4. The molecule has 150 valence electrons. The average molecular weight is 377 g/mol. The standard InChI is InChI=1S/C20H32N4O3/c1-6-7-24(10-13(2)3)11-16-8-14(4)9-17(15(16)5)21-20-23-22-19(27-20)18(26)12-25/h8-9,13,18,25-26H,6-7,10-12H2,1-5H3,(H,21,23)/t18-/m0/s1. The molecule has 7 heteroatoms. The first kappa shape index (κ1) is 21.3.